The molecule has 1 N–H and O–H groups in total. The zero-order chi connectivity index (χ0) is 14.0. The van der Waals surface area contributed by atoms with Crippen LogP contribution in [0.5, 0.6) is 0 Å². The number of amides is 1. The number of pyridine rings is 1. The van der Waals surface area contributed by atoms with E-state index in [4.69, 9.17) is 0 Å². The Morgan fingerprint density at radius 1 is 1.22 bits per heavy atom. The minimum absolute atomic E-state index is 0.00337. The van der Waals surface area contributed by atoms with E-state index >= 15 is 0 Å². The average Bonchev–Trinajstić information content (AvgIpc) is 2.17. The van der Waals surface area contributed by atoms with Crippen LogP contribution in [0.3, 0.4) is 0 Å². The van der Waals surface area contributed by atoms with Crippen LogP contribution >= 0.6 is 0 Å². The number of nitrogens with one attached hydrogen (secondary N) is 1. The topological polar surface area (TPSA) is 42.0 Å². The summed E-state index contributed by atoms with van der Waals surface area (Å²) in [6.45, 7) is 12.2. The highest BCUT2D eigenvalue weighted by atomic mass is 16.2. The summed E-state index contributed by atoms with van der Waals surface area (Å²) in [6, 6.07) is 3.93. The molecule has 0 unspecified atom stereocenters. The quantitative estimate of drug-likeness (QED) is 0.868. The van der Waals surface area contributed by atoms with Gasteiger partial charge >= 0.3 is 0 Å². The number of nitrogens with zero attached hydrogens (tertiary/aromatic N) is 1. The third-order valence-electron chi connectivity index (χ3n) is 2.53. The van der Waals surface area contributed by atoms with Gasteiger partial charge in [0, 0.05) is 11.6 Å². The minimum Gasteiger partial charge on any atom is -0.310 e. The monoisotopic (exact) mass is 248 g/mol. The van der Waals surface area contributed by atoms with Crippen molar-refractivity contribution in [3.63, 3.8) is 0 Å². The number of aromatic nitrogens is 1. The predicted molar refractivity (Wildman–Crippen MR) is 75.5 cm³/mol. The van der Waals surface area contributed by atoms with Crippen molar-refractivity contribution in [3.8, 4) is 0 Å². The molecule has 0 aliphatic heterocycles. The van der Waals surface area contributed by atoms with Gasteiger partial charge in [-0.1, -0.05) is 47.6 Å². The zero-order valence-electron chi connectivity index (χ0n) is 12.3. The molecule has 0 bridgehead atoms. The summed E-state index contributed by atoms with van der Waals surface area (Å²) in [5, 5.41) is 2.92. The van der Waals surface area contributed by atoms with Crippen LogP contribution in [0, 0.1) is 10.8 Å². The molecule has 3 heteroatoms. The lowest BCUT2D eigenvalue weighted by molar-refractivity contribution is -0.123. The molecule has 0 spiro atoms. The SMILES string of the molecule is CC(C)(C)Cc1cccnc1NC(=O)C(C)(C)C. The Labute approximate surface area is 110 Å². The number of hydrogen-bond donors (Lipinski definition) is 1. The van der Waals surface area contributed by atoms with Gasteiger partial charge in [-0.25, -0.2) is 4.98 Å². The third-order valence-corrected chi connectivity index (χ3v) is 2.53. The van der Waals surface area contributed by atoms with Crippen molar-refractivity contribution in [1.29, 1.82) is 0 Å². The molecule has 1 amide bonds. The summed E-state index contributed by atoms with van der Waals surface area (Å²) in [5.74, 6) is 0.684. The molecule has 1 rings (SSSR count). The van der Waals surface area contributed by atoms with Gasteiger partial charge in [-0.2, -0.15) is 0 Å². The van der Waals surface area contributed by atoms with Gasteiger partial charge in [-0.15, -0.1) is 0 Å². The second-order valence-electron chi connectivity index (χ2n) is 6.95. The summed E-state index contributed by atoms with van der Waals surface area (Å²) in [4.78, 5) is 16.3. The molecule has 18 heavy (non-hydrogen) atoms. The number of rotatable bonds is 2. The highest BCUT2D eigenvalue weighted by molar-refractivity contribution is 5.94. The first-order valence-electron chi connectivity index (χ1n) is 6.35. The molecule has 0 atom stereocenters. The van der Waals surface area contributed by atoms with E-state index in [1.807, 2.05) is 32.9 Å². The maximum Gasteiger partial charge on any atom is 0.230 e. The molecular formula is C15H24N2O. The van der Waals surface area contributed by atoms with Crippen molar-refractivity contribution in [3.05, 3.63) is 23.9 Å². The van der Waals surface area contributed by atoms with Gasteiger partial charge in [0.05, 0.1) is 0 Å². The van der Waals surface area contributed by atoms with Gasteiger partial charge in [-0.3, -0.25) is 4.79 Å². The van der Waals surface area contributed by atoms with Crippen LogP contribution < -0.4 is 5.32 Å². The molecule has 1 heterocycles. The van der Waals surface area contributed by atoms with Crippen LogP contribution in [-0.2, 0) is 11.2 Å². The Bertz CT molecular complexity index is 425. The van der Waals surface area contributed by atoms with Crippen LogP contribution in [0.1, 0.15) is 47.1 Å². The van der Waals surface area contributed by atoms with Crippen molar-refractivity contribution in [1.82, 2.24) is 4.98 Å². The van der Waals surface area contributed by atoms with Crippen molar-refractivity contribution in [2.45, 2.75) is 48.0 Å². The molecule has 0 radical (unpaired) electrons. The summed E-state index contributed by atoms with van der Waals surface area (Å²) in [6.07, 6.45) is 2.60. The largest absolute Gasteiger partial charge is 0.310 e. The smallest absolute Gasteiger partial charge is 0.230 e. The summed E-state index contributed by atoms with van der Waals surface area (Å²) >= 11 is 0. The summed E-state index contributed by atoms with van der Waals surface area (Å²) in [5.41, 5.74) is 0.850. The van der Waals surface area contributed by atoms with Crippen molar-refractivity contribution < 1.29 is 4.79 Å². The minimum atomic E-state index is -0.406. The van der Waals surface area contributed by atoms with Gasteiger partial charge in [0.2, 0.25) is 5.91 Å². The second kappa shape index (κ2) is 5.09. The summed E-state index contributed by atoms with van der Waals surface area (Å²) < 4.78 is 0. The molecule has 0 saturated carbocycles. The predicted octanol–water partition coefficient (Wildman–Crippen LogP) is 3.65. The van der Waals surface area contributed by atoms with Gasteiger partial charge in [0.1, 0.15) is 5.82 Å². The highest BCUT2D eigenvalue weighted by Gasteiger charge is 2.23. The fraction of sp³-hybridized carbons (Fsp3) is 0.600. The Morgan fingerprint density at radius 3 is 2.33 bits per heavy atom. The molecule has 100 valence electrons. The molecule has 0 fully saturated rings. The molecule has 1 aromatic rings. The van der Waals surface area contributed by atoms with Crippen LogP contribution in [0.15, 0.2) is 18.3 Å². The molecule has 0 aliphatic rings. The third kappa shape index (κ3) is 4.47. The lowest BCUT2D eigenvalue weighted by Crippen LogP contribution is -2.28. The molecule has 0 aromatic carbocycles. The van der Waals surface area contributed by atoms with Crippen LogP contribution in [0.25, 0.3) is 0 Å². The Balaban J connectivity index is 2.93. The Kier molecular flexibility index (Phi) is 4.15. The first kappa shape index (κ1) is 14.7. The lowest BCUT2D eigenvalue weighted by Gasteiger charge is -2.22. The Morgan fingerprint density at radius 2 is 1.83 bits per heavy atom. The molecule has 0 aliphatic carbocycles. The van der Waals surface area contributed by atoms with E-state index in [9.17, 15) is 4.79 Å². The van der Waals surface area contributed by atoms with Crippen LogP contribution in [0.4, 0.5) is 5.82 Å². The second-order valence-corrected chi connectivity index (χ2v) is 6.95. The number of anilines is 1. The number of hydrogen-bond acceptors (Lipinski definition) is 2. The van der Waals surface area contributed by atoms with Crippen molar-refractivity contribution >= 4 is 11.7 Å². The molecule has 3 nitrogen and oxygen atoms in total. The van der Waals surface area contributed by atoms with Gasteiger partial charge < -0.3 is 5.32 Å². The van der Waals surface area contributed by atoms with E-state index in [1.165, 1.54) is 0 Å². The molecule has 1 aromatic heterocycles. The fourth-order valence-electron chi connectivity index (χ4n) is 1.56. The van der Waals surface area contributed by atoms with Gasteiger partial charge in [0.25, 0.3) is 0 Å². The maximum atomic E-state index is 12.0. The fourth-order valence-corrected chi connectivity index (χ4v) is 1.56. The van der Waals surface area contributed by atoms with E-state index in [0.29, 0.717) is 5.82 Å². The maximum absolute atomic E-state index is 12.0. The Hall–Kier alpha value is -1.38. The van der Waals surface area contributed by atoms with Crippen molar-refractivity contribution in [2.24, 2.45) is 10.8 Å². The van der Waals surface area contributed by atoms with Gasteiger partial charge in [0.15, 0.2) is 0 Å². The number of carbonyl (C=O) groups excluding carboxylic acids is 1. The van der Waals surface area contributed by atoms with E-state index in [-0.39, 0.29) is 11.3 Å². The van der Waals surface area contributed by atoms with Crippen LogP contribution in [0.2, 0.25) is 0 Å². The van der Waals surface area contributed by atoms with Gasteiger partial charge in [-0.05, 0) is 23.5 Å². The first-order valence-corrected chi connectivity index (χ1v) is 6.35. The van der Waals surface area contributed by atoms with Crippen LogP contribution in [-0.4, -0.2) is 10.9 Å². The average molecular weight is 248 g/mol. The van der Waals surface area contributed by atoms with Crippen molar-refractivity contribution in [2.75, 3.05) is 5.32 Å². The highest BCUT2D eigenvalue weighted by Crippen LogP contribution is 2.25. The molecular weight excluding hydrogens is 224 g/mol. The van der Waals surface area contributed by atoms with E-state index in [1.54, 1.807) is 6.20 Å². The molecule has 0 saturated heterocycles. The van der Waals surface area contributed by atoms with E-state index in [0.717, 1.165) is 12.0 Å². The van der Waals surface area contributed by atoms with E-state index in [2.05, 4.69) is 31.1 Å². The lowest BCUT2D eigenvalue weighted by atomic mass is 9.88. The first-order chi connectivity index (χ1) is 8.09. The standard InChI is InChI=1S/C15H24N2O/c1-14(2,3)10-11-8-7-9-16-12(11)17-13(18)15(4,5)6/h7-9H,10H2,1-6H3,(H,16,17,18). The summed E-state index contributed by atoms with van der Waals surface area (Å²) in [7, 11) is 0. The zero-order valence-corrected chi connectivity index (χ0v) is 12.3. The normalized spacial score (nSPS) is 12.3. The van der Waals surface area contributed by atoms with E-state index < -0.39 is 5.41 Å². The number of carbonyl (C=O) groups is 1.